The molecule has 1 fully saturated rings. The molecule has 0 spiro atoms. The molecular formula is C7H11NO3S. The predicted molar refractivity (Wildman–Crippen MR) is 46.2 cm³/mol. The fourth-order valence-corrected chi connectivity index (χ4v) is 1.97. The molecule has 0 radical (unpaired) electrons. The maximum absolute atomic E-state index is 11.0. The van der Waals surface area contributed by atoms with Crippen LogP contribution >= 0.6 is 11.8 Å². The highest BCUT2D eigenvalue weighted by molar-refractivity contribution is 7.99. The van der Waals surface area contributed by atoms with E-state index in [1.807, 2.05) is 0 Å². The molecule has 68 valence electrons. The molecule has 0 aliphatic carbocycles. The first-order chi connectivity index (χ1) is 5.72. The minimum atomic E-state index is -1.35. The highest BCUT2D eigenvalue weighted by atomic mass is 32.2. The van der Waals surface area contributed by atoms with Gasteiger partial charge < -0.3 is 10.0 Å². The number of carbonyl (C=O) groups is 2. The molecule has 12 heavy (non-hydrogen) atoms. The van der Waals surface area contributed by atoms with Gasteiger partial charge in [0.05, 0.1) is 0 Å². The lowest BCUT2D eigenvalue weighted by Gasteiger charge is -2.16. The normalized spacial score (nSPS) is 18.5. The maximum atomic E-state index is 11.0. The summed E-state index contributed by atoms with van der Waals surface area (Å²) in [6.45, 7) is 1.15. The van der Waals surface area contributed by atoms with Gasteiger partial charge in [-0.1, -0.05) is 0 Å². The first kappa shape index (κ1) is 9.38. The van der Waals surface area contributed by atoms with Gasteiger partial charge in [0.15, 0.2) is 0 Å². The van der Waals surface area contributed by atoms with Gasteiger partial charge in [-0.2, -0.15) is 11.8 Å². The Kier molecular flexibility index (Phi) is 3.40. The van der Waals surface area contributed by atoms with Crippen LogP contribution in [0.5, 0.6) is 0 Å². The Bertz CT molecular complexity index is 187. The molecule has 0 atom stereocenters. The van der Waals surface area contributed by atoms with Crippen LogP contribution in [0.2, 0.25) is 0 Å². The van der Waals surface area contributed by atoms with Crippen LogP contribution in [0, 0.1) is 0 Å². The van der Waals surface area contributed by atoms with Crippen LogP contribution in [-0.2, 0) is 9.59 Å². The zero-order valence-electron chi connectivity index (χ0n) is 6.65. The molecule has 0 aromatic heterocycles. The lowest BCUT2D eigenvalue weighted by molar-refractivity contribution is -0.155. The van der Waals surface area contributed by atoms with Crippen molar-refractivity contribution in [2.24, 2.45) is 0 Å². The average molecular weight is 189 g/mol. The van der Waals surface area contributed by atoms with Crippen molar-refractivity contribution in [2.75, 3.05) is 24.6 Å². The van der Waals surface area contributed by atoms with Gasteiger partial charge in [0, 0.05) is 18.8 Å². The van der Waals surface area contributed by atoms with Crippen LogP contribution < -0.4 is 0 Å². The number of carbonyl (C=O) groups excluding carboxylic acids is 1. The van der Waals surface area contributed by atoms with Gasteiger partial charge >= 0.3 is 11.9 Å². The van der Waals surface area contributed by atoms with Crippen molar-refractivity contribution in [1.29, 1.82) is 0 Å². The number of carboxylic acids is 1. The fraction of sp³-hybridized carbons (Fsp3) is 0.714. The summed E-state index contributed by atoms with van der Waals surface area (Å²) < 4.78 is 0. The summed E-state index contributed by atoms with van der Waals surface area (Å²) in [4.78, 5) is 22.7. The summed E-state index contributed by atoms with van der Waals surface area (Å²) in [7, 11) is 0. The van der Waals surface area contributed by atoms with Gasteiger partial charge in [0.25, 0.3) is 0 Å². The van der Waals surface area contributed by atoms with Gasteiger partial charge in [-0.05, 0) is 12.2 Å². The van der Waals surface area contributed by atoms with E-state index in [4.69, 9.17) is 5.11 Å². The molecule has 1 saturated heterocycles. The Balaban J connectivity index is 2.48. The van der Waals surface area contributed by atoms with E-state index in [0.717, 1.165) is 17.9 Å². The monoisotopic (exact) mass is 189 g/mol. The van der Waals surface area contributed by atoms with Crippen molar-refractivity contribution < 1.29 is 14.7 Å². The number of amides is 1. The number of hydrogen-bond acceptors (Lipinski definition) is 3. The molecular weight excluding hydrogens is 178 g/mol. The largest absolute Gasteiger partial charge is 0.474 e. The van der Waals surface area contributed by atoms with Crippen molar-refractivity contribution in [3.05, 3.63) is 0 Å². The molecule has 0 saturated carbocycles. The van der Waals surface area contributed by atoms with Gasteiger partial charge in [-0.15, -0.1) is 0 Å². The lowest BCUT2D eigenvalue weighted by atomic mass is 10.4. The molecule has 0 aromatic carbocycles. The maximum Gasteiger partial charge on any atom is 0.394 e. The summed E-state index contributed by atoms with van der Waals surface area (Å²) in [6, 6.07) is 0. The van der Waals surface area contributed by atoms with E-state index < -0.39 is 11.9 Å². The molecule has 1 aliphatic heterocycles. The number of hydrogen-bond donors (Lipinski definition) is 1. The number of rotatable bonds is 0. The number of nitrogens with zero attached hydrogens (tertiary/aromatic N) is 1. The van der Waals surface area contributed by atoms with Crippen LogP contribution in [0.4, 0.5) is 0 Å². The second-order valence-electron chi connectivity index (χ2n) is 2.56. The Labute approximate surface area is 74.9 Å². The summed E-state index contributed by atoms with van der Waals surface area (Å²) in [5.74, 6) is -0.248. The Morgan fingerprint density at radius 3 is 2.67 bits per heavy atom. The summed E-state index contributed by atoms with van der Waals surface area (Å²) in [5.41, 5.74) is 0. The van der Waals surface area contributed by atoms with Crippen LogP contribution in [0.15, 0.2) is 0 Å². The van der Waals surface area contributed by atoms with E-state index in [1.165, 1.54) is 4.90 Å². The highest BCUT2D eigenvalue weighted by Crippen LogP contribution is 2.09. The lowest BCUT2D eigenvalue weighted by Crippen LogP contribution is -2.37. The molecule has 1 amide bonds. The summed E-state index contributed by atoms with van der Waals surface area (Å²) in [6.07, 6.45) is 0.893. The van der Waals surface area contributed by atoms with E-state index >= 15 is 0 Å². The number of carboxylic acid groups (broad SMARTS) is 1. The van der Waals surface area contributed by atoms with Gasteiger partial charge in [-0.3, -0.25) is 4.79 Å². The van der Waals surface area contributed by atoms with E-state index in [0.29, 0.717) is 13.1 Å². The third-order valence-electron chi connectivity index (χ3n) is 1.69. The highest BCUT2D eigenvalue weighted by Gasteiger charge is 2.21. The van der Waals surface area contributed by atoms with Crippen molar-refractivity contribution in [2.45, 2.75) is 6.42 Å². The third kappa shape index (κ3) is 2.41. The molecule has 5 heteroatoms. The van der Waals surface area contributed by atoms with E-state index in [9.17, 15) is 9.59 Å². The van der Waals surface area contributed by atoms with E-state index in [-0.39, 0.29) is 0 Å². The minimum absolute atomic E-state index is 0.565. The quantitative estimate of drug-likeness (QED) is 0.546. The summed E-state index contributed by atoms with van der Waals surface area (Å²) in [5, 5.41) is 8.43. The Morgan fingerprint density at radius 2 is 2.00 bits per heavy atom. The molecule has 0 unspecified atom stereocenters. The Morgan fingerprint density at radius 1 is 1.25 bits per heavy atom. The topological polar surface area (TPSA) is 57.6 Å². The number of thioether (sulfide) groups is 1. The molecule has 4 nitrogen and oxygen atoms in total. The average Bonchev–Trinajstić information content (AvgIpc) is 2.30. The zero-order chi connectivity index (χ0) is 8.97. The smallest absolute Gasteiger partial charge is 0.394 e. The van der Waals surface area contributed by atoms with Crippen LogP contribution in [0.25, 0.3) is 0 Å². The SMILES string of the molecule is O=C(O)C(=O)N1CCCSCC1. The van der Waals surface area contributed by atoms with Crippen molar-refractivity contribution in [3.63, 3.8) is 0 Å². The van der Waals surface area contributed by atoms with Crippen LogP contribution in [0.1, 0.15) is 6.42 Å². The van der Waals surface area contributed by atoms with Crippen LogP contribution in [-0.4, -0.2) is 46.5 Å². The zero-order valence-corrected chi connectivity index (χ0v) is 7.47. The standard InChI is InChI=1S/C7H11NO3S/c9-6(7(10)11)8-2-1-4-12-5-3-8/h1-5H2,(H,10,11). The second kappa shape index (κ2) is 4.35. The predicted octanol–water partition coefficient (Wildman–Crippen LogP) is 0.0365. The van der Waals surface area contributed by atoms with E-state index in [2.05, 4.69) is 0 Å². The third-order valence-corrected chi connectivity index (χ3v) is 2.74. The fourth-order valence-electron chi connectivity index (χ4n) is 1.08. The first-order valence-corrected chi connectivity index (χ1v) is 4.97. The molecule has 1 N–H and O–H groups in total. The minimum Gasteiger partial charge on any atom is -0.474 e. The molecule has 1 aliphatic rings. The van der Waals surface area contributed by atoms with Crippen LogP contribution in [0.3, 0.4) is 0 Å². The summed E-state index contributed by atoms with van der Waals surface area (Å²) >= 11 is 1.76. The van der Waals surface area contributed by atoms with Gasteiger partial charge in [0.1, 0.15) is 0 Å². The number of aliphatic carboxylic acids is 1. The van der Waals surface area contributed by atoms with Crippen molar-refractivity contribution >= 4 is 23.6 Å². The van der Waals surface area contributed by atoms with Crippen molar-refractivity contribution in [1.82, 2.24) is 4.90 Å². The van der Waals surface area contributed by atoms with E-state index in [1.54, 1.807) is 11.8 Å². The van der Waals surface area contributed by atoms with Crippen molar-refractivity contribution in [3.8, 4) is 0 Å². The molecule has 1 rings (SSSR count). The molecule has 0 bridgehead atoms. The van der Waals surface area contributed by atoms with Gasteiger partial charge in [-0.25, -0.2) is 4.79 Å². The molecule has 1 heterocycles. The van der Waals surface area contributed by atoms with Gasteiger partial charge in [0.2, 0.25) is 0 Å². The second-order valence-corrected chi connectivity index (χ2v) is 3.79. The Hall–Kier alpha value is -0.710. The first-order valence-electron chi connectivity index (χ1n) is 3.82. The molecule has 0 aromatic rings.